The normalized spacial score (nSPS) is 14.3. The Morgan fingerprint density at radius 3 is 2.03 bits per heavy atom. The number of phenolic OH excluding ortho intramolecular Hbond substituents is 1. The summed E-state index contributed by atoms with van der Waals surface area (Å²) in [7, 11) is 0. The molecule has 0 aromatic heterocycles. The Labute approximate surface area is 228 Å². The first-order valence-electron chi connectivity index (χ1n) is 12.8. The Morgan fingerprint density at radius 1 is 0.895 bits per heavy atom. The molecule has 0 heterocycles. The molecule has 12 heteroatoms. The number of rotatable bonds is 18. The number of aromatic hydroxyl groups is 1. The predicted octanol–water partition coefficient (Wildman–Crippen LogP) is 0.729. The third kappa shape index (κ3) is 12.6. The van der Waals surface area contributed by atoms with E-state index in [0.29, 0.717) is 31.6 Å². The lowest BCUT2D eigenvalue weighted by atomic mass is 10.0. The molecule has 9 N–H and O–H groups in total. The molecule has 1 aromatic carbocycles. The topological polar surface area (TPSA) is 197 Å². The number of nitrogens with one attached hydrogen (secondary N) is 3. The lowest BCUT2D eigenvalue weighted by molar-refractivity contribution is -0.142. The average Bonchev–Trinajstić information content (AvgIpc) is 2.86. The molecule has 214 valence electrons. The van der Waals surface area contributed by atoms with Gasteiger partial charge in [-0.3, -0.25) is 14.4 Å². The van der Waals surface area contributed by atoms with Crippen LogP contribution in [0.25, 0.3) is 0 Å². The monoisotopic (exact) mass is 553 g/mol. The third-order valence-electron chi connectivity index (χ3n) is 5.87. The molecule has 11 nitrogen and oxygen atoms in total. The van der Waals surface area contributed by atoms with Gasteiger partial charge in [0.2, 0.25) is 17.7 Å². The summed E-state index contributed by atoms with van der Waals surface area (Å²) in [4.78, 5) is 50.7. The van der Waals surface area contributed by atoms with Crippen LogP contribution in [0.1, 0.15) is 51.5 Å². The molecular formula is C26H43N5O6S. The quantitative estimate of drug-likeness (QED) is 0.128. The number of carboxylic acid groups (broad SMARTS) is 1. The van der Waals surface area contributed by atoms with Crippen molar-refractivity contribution in [1.29, 1.82) is 0 Å². The SMILES string of the molecule is CSCCC(NC(=O)C(CC(C)C)NC(=O)C(N)Cc1ccc(O)cc1)C(=O)NC(CCCCN)C(=O)O. The van der Waals surface area contributed by atoms with Gasteiger partial charge in [-0.25, -0.2) is 4.79 Å². The largest absolute Gasteiger partial charge is 0.508 e. The number of amides is 3. The minimum atomic E-state index is -1.15. The van der Waals surface area contributed by atoms with E-state index in [9.17, 15) is 29.4 Å². The van der Waals surface area contributed by atoms with Gasteiger partial charge in [0.05, 0.1) is 6.04 Å². The van der Waals surface area contributed by atoms with Crippen molar-refractivity contribution in [2.45, 2.75) is 76.5 Å². The van der Waals surface area contributed by atoms with Crippen molar-refractivity contribution in [1.82, 2.24) is 16.0 Å². The Morgan fingerprint density at radius 2 is 1.47 bits per heavy atom. The summed E-state index contributed by atoms with van der Waals surface area (Å²) >= 11 is 1.49. The van der Waals surface area contributed by atoms with Crippen LogP contribution in [0, 0.1) is 5.92 Å². The summed E-state index contributed by atoms with van der Waals surface area (Å²) in [5.41, 5.74) is 12.3. The summed E-state index contributed by atoms with van der Waals surface area (Å²) < 4.78 is 0. The molecule has 0 aliphatic rings. The van der Waals surface area contributed by atoms with Crippen molar-refractivity contribution in [3.05, 3.63) is 29.8 Å². The number of carbonyl (C=O) groups is 4. The molecule has 0 saturated heterocycles. The molecule has 38 heavy (non-hydrogen) atoms. The Kier molecular flexibility index (Phi) is 15.4. The summed E-state index contributed by atoms with van der Waals surface area (Å²) in [6, 6.07) is 2.41. The van der Waals surface area contributed by atoms with Gasteiger partial charge in [0.1, 0.15) is 23.9 Å². The van der Waals surface area contributed by atoms with Gasteiger partial charge in [-0.05, 0) is 80.7 Å². The number of aliphatic carboxylic acids is 1. The fourth-order valence-corrected chi connectivity index (χ4v) is 4.23. The van der Waals surface area contributed by atoms with Crippen LogP contribution in [0.15, 0.2) is 24.3 Å². The fraction of sp³-hybridized carbons (Fsp3) is 0.615. The van der Waals surface area contributed by atoms with Crippen LogP contribution in [0.5, 0.6) is 5.75 Å². The van der Waals surface area contributed by atoms with E-state index in [2.05, 4.69) is 16.0 Å². The lowest BCUT2D eigenvalue weighted by Crippen LogP contribution is -2.57. The number of benzene rings is 1. The second kappa shape index (κ2) is 17.6. The number of carboxylic acids is 1. The van der Waals surface area contributed by atoms with Gasteiger partial charge in [0.15, 0.2) is 0 Å². The van der Waals surface area contributed by atoms with Crippen LogP contribution in [-0.2, 0) is 25.6 Å². The molecule has 1 aromatic rings. The minimum Gasteiger partial charge on any atom is -0.508 e. The standard InChI is InChI=1S/C26H43N5O6S/c1-16(2)14-22(31-23(33)19(28)15-17-7-9-18(32)10-8-17)25(35)29-20(11-13-38-3)24(34)30-21(26(36)37)6-4-5-12-27/h7-10,16,19-22,32H,4-6,11-15,27-28H2,1-3H3,(H,29,35)(H,30,34)(H,31,33)(H,36,37). The third-order valence-corrected chi connectivity index (χ3v) is 6.52. The number of hydrogen-bond donors (Lipinski definition) is 7. The molecule has 0 spiro atoms. The van der Waals surface area contributed by atoms with Gasteiger partial charge in [0, 0.05) is 0 Å². The zero-order valence-electron chi connectivity index (χ0n) is 22.4. The van der Waals surface area contributed by atoms with Crippen molar-refractivity contribution < 1.29 is 29.4 Å². The van der Waals surface area contributed by atoms with E-state index in [-0.39, 0.29) is 30.9 Å². The molecule has 3 amide bonds. The van der Waals surface area contributed by atoms with Crippen LogP contribution in [0.3, 0.4) is 0 Å². The highest BCUT2D eigenvalue weighted by atomic mass is 32.2. The number of carbonyl (C=O) groups excluding carboxylic acids is 3. The molecule has 1 rings (SSSR count). The van der Waals surface area contributed by atoms with Gasteiger partial charge in [-0.1, -0.05) is 26.0 Å². The maximum atomic E-state index is 13.2. The van der Waals surface area contributed by atoms with Gasteiger partial charge >= 0.3 is 5.97 Å². The number of unbranched alkanes of at least 4 members (excludes halogenated alkanes) is 1. The number of hydrogen-bond acceptors (Lipinski definition) is 8. The van der Waals surface area contributed by atoms with Crippen LogP contribution in [0.2, 0.25) is 0 Å². The molecule has 0 saturated carbocycles. The Hall–Kier alpha value is -2.83. The van der Waals surface area contributed by atoms with E-state index in [1.54, 1.807) is 12.1 Å². The van der Waals surface area contributed by atoms with E-state index < -0.39 is 47.9 Å². The molecule has 0 aliphatic heterocycles. The first-order valence-corrected chi connectivity index (χ1v) is 14.2. The van der Waals surface area contributed by atoms with Crippen molar-refractivity contribution in [3.8, 4) is 5.75 Å². The molecule has 0 fully saturated rings. The summed E-state index contributed by atoms with van der Waals surface area (Å²) in [6.45, 7) is 4.23. The molecule has 0 radical (unpaired) electrons. The molecule has 4 unspecified atom stereocenters. The smallest absolute Gasteiger partial charge is 0.326 e. The number of thioether (sulfide) groups is 1. The number of nitrogens with two attached hydrogens (primary N) is 2. The van der Waals surface area contributed by atoms with Gasteiger partial charge in [0.25, 0.3) is 0 Å². The summed E-state index contributed by atoms with van der Waals surface area (Å²) in [5.74, 6) is -2.09. The first-order chi connectivity index (χ1) is 18.0. The van der Waals surface area contributed by atoms with E-state index in [0.717, 1.165) is 5.56 Å². The highest BCUT2D eigenvalue weighted by molar-refractivity contribution is 7.98. The van der Waals surface area contributed by atoms with Gasteiger partial charge in [-0.2, -0.15) is 11.8 Å². The lowest BCUT2D eigenvalue weighted by Gasteiger charge is -2.26. The average molecular weight is 554 g/mol. The van der Waals surface area contributed by atoms with Gasteiger partial charge < -0.3 is 37.6 Å². The van der Waals surface area contributed by atoms with E-state index in [1.165, 1.54) is 23.9 Å². The zero-order valence-corrected chi connectivity index (χ0v) is 23.3. The second-order valence-electron chi connectivity index (χ2n) is 9.69. The van der Waals surface area contributed by atoms with Crippen LogP contribution in [0.4, 0.5) is 0 Å². The molecule has 0 bridgehead atoms. The molecular weight excluding hydrogens is 510 g/mol. The summed E-state index contributed by atoms with van der Waals surface area (Å²) in [5, 5.41) is 26.9. The van der Waals surface area contributed by atoms with Crippen molar-refractivity contribution in [2.24, 2.45) is 17.4 Å². The van der Waals surface area contributed by atoms with E-state index >= 15 is 0 Å². The first kappa shape index (κ1) is 33.2. The van der Waals surface area contributed by atoms with Crippen LogP contribution >= 0.6 is 11.8 Å². The minimum absolute atomic E-state index is 0.0526. The van der Waals surface area contributed by atoms with Crippen molar-refractivity contribution >= 4 is 35.5 Å². The Balaban J connectivity index is 2.92. The molecule has 0 aliphatic carbocycles. The Bertz CT molecular complexity index is 899. The fourth-order valence-electron chi connectivity index (χ4n) is 3.76. The van der Waals surface area contributed by atoms with Crippen molar-refractivity contribution in [3.63, 3.8) is 0 Å². The highest BCUT2D eigenvalue weighted by Gasteiger charge is 2.30. The molecule has 4 atom stereocenters. The highest BCUT2D eigenvalue weighted by Crippen LogP contribution is 2.12. The summed E-state index contributed by atoms with van der Waals surface area (Å²) in [6.07, 6.45) is 4.09. The van der Waals surface area contributed by atoms with Crippen LogP contribution in [-0.4, -0.2) is 76.6 Å². The van der Waals surface area contributed by atoms with E-state index in [4.69, 9.17) is 11.5 Å². The van der Waals surface area contributed by atoms with Crippen molar-refractivity contribution in [2.75, 3.05) is 18.6 Å². The van der Waals surface area contributed by atoms with E-state index in [1.807, 2.05) is 20.1 Å². The predicted molar refractivity (Wildman–Crippen MR) is 149 cm³/mol. The second-order valence-corrected chi connectivity index (χ2v) is 10.7. The van der Waals surface area contributed by atoms with Crippen LogP contribution < -0.4 is 27.4 Å². The zero-order chi connectivity index (χ0) is 28.7. The maximum Gasteiger partial charge on any atom is 0.326 e. The van der Waals surface area contributed by atoms with Gasteiger partial charge in [-0.15, -0.1) is 0 Å². The number of phenols is 1. The maximum absolute atomic E-state index is 13.2.